The molecule has 0 spiro atoms. The van der Waals surface area contributed by atoms with Gasteiger partial charge in [0, 0.05) is 5.56 Å². The standard InChI is InChI=1S/C29H31ClN2O6S/c1-6-9-21-25(28(34)38-8-3)26(19-16-18(35-4)11-13-22(19)36-5)32-27(33)24(39-29(32)31-21)15-17-10-12-23(37-7-2)20(30)14-17/h10-16,26H,6-9H2,1-5H3/b24-15-/t26-/m1/s1. The molecule has 2 heterocycles. The number of halogens is 1. The van der Waals surface area contributed by atoms with Gasteiger partial charge in [0.2, 0.25) is 0 Å². The summed E-state index contributed by atoms with van der Waals surface area (Å²) in [6.07, 6.45) is 3.05. The van der Waals surface area contributed by atoms with Gasteiger partial charge in [0.25, 0.3) is 5.56 Å². The quantitative estimate of drug-likeness (QED) is 0.330. The van der Waals surface area contributed by atoms with Crippen molar-refractivity contribution in [2.75, 3.05) is 27.4 Å². The molecular formula is C29H31ClN2O6S. The number of hydrogen-bond acceptors (Lipinski definition) is 8. The number of ether oxygens (including phenoxy) is 4. The minimum Gasteiger partial charge on any atom is -0.497 e. The van der Waals surface area contributed by atoms with E-state index in [9.17, 15) is 9.59 Å². The van der Waals surface area contributed by atoms with Gasteiger partial charge in [0.15, 0.2) is 4.80 Å². The van der Waals surface area contributed by atoms with Crippen LogP contribution in [0, 0.1) is 0 Å². The number of thiazole rings is 1. The van der Waals surface area contributed by atoms with Gasteiger partial charge >= 0.3 is 5.97 Å². The normalized spacial score (nSPS) is 15.0. The minimum absolute atomic E-state index is 0.187. The summed E-state index contributed by atoms with van der Waals surface area (Å²) in [7, 11) is 3.11. The van der Waals surface area contributed by atoms with E-state index in [2.05, 4.69) is 0 Å². The van der Waals surface area contributed by atoms with Crippen molar-refractivity contribution < 1.29 is 23.7 Å². The Labute approximate surface area is 235 Å². The molecule has 10 heteroatoms. The number of esters is 1. The molecule has 0 amide bonds. The van der Waals surface area contributed by atoms with E-state index in [-0.39, 0.29) is 12.2 Å². The van der Waals surface area contributed by atoms with E-state index in [1.54, 1.807) is 57.6 Å². The molecule has 1 atom stereocenters. The highest BCUT2D eigenvalue weighted by molar-refractivity contribution is 7.07. The van der Waals surface area contributed by atoms with Crippen molar-refractivity contribution in [2.45, 2.75) is 39.7 Å². The Hall–Kier alpha value is -3.56. The van der Waals surface area contributed by atoms with Gasteiger partial charge in [-0.15, -0.1) is 0 Å². The summed E-state index contributed by atoms with van der Waals surface area (Å²) < 4.78 is 24.1. The molecule has 0 aliphatic carbocycles. The molecule has 3 aromatic rings. The smallest absolute Gasteiger partial charge is 0.338 e. The topological polar surface area (TPSA) is 88.4 Å². The lowest BCUT2D eigenvalue weighted by atomic mass is 9.93. The van der Waals surface area contributed by atoms with Gasteiger partial charge in [0.05, 0.1) is 48.3 Å². The van der Waals surface area contributed by atoms with Crippen LogP contribution >= 0.6 is 22.9 Å². The van der Waals surface area contributed by atoms with Crippen LogP contribution in [0.5, 0.6) is 17.2 Å². The zero-order chi connectivity index (χ0) is 28.1. The van der Waals surface area contributed by atoms with Crippen molar-refractivity contribution >= 4 is 35.0 Å². The Morgan fingerprint density at radius 1 is 1.08 bits per heavy atom. The lowest BCUT2D eigenvalue weighted by Gasteiger charge is -2.27. The van der Waals surface area contributed by atoms with Gasteiger partial charge in [-0.3, -0.25) is 9.36 Å². The fourth-order valence-corrected chi connectivity index (χ4v) is 5.76. The monoisotopic (exact) mass is 570 g/mol. The molecule has 0 saturated heterocycles. The van der Waals surface area contributed by atoms with Crippen molar-refractivity contribution in [1.29, 1.82) is 0 Å². The average Bonchev–Trinajstić information content (AvgIpc) is 3.23. The fourth-order valence-electron chi connectivity index (χ4n) is 4.50. The molecule has 4 rings (SSSR count). The maximum Gasteiger partial charge on any atom is 0.338 e. The van der Waals surface area contributed by atoms with Crippen LogP contribution in [0.2, 0.25) is 5.02 Å². The van der Waals surface area contributed by atoms with Crippen LogP contribution in [-0.4, -0.2) is 38.0 Å². The second kappa shape index (κ2) is 12.5. The Kier molecular flexibility index (Phi) is 9.14. The largest absolute Gasteiger partial charge is 0.497 e. The molecule has 0 fully saturated rings. The Morgan fingerprint density at radius 3 is 2.49 bits per heavy atom. The number of rotatable bonds is 10. The highest BCUT2D eigenvalue weighted by atomic mass is 35.5. The van der Waals surface area contributed by atoms with E-state index in [0.717, 1.165) is 12.0 Å². The molecule has 1 aliphatic rings. The Bertz CT molecular complexity index is 1590. The zero-order valence-corrected chi connectivity index (χ0v) is 24.1. The Morgan fingerprint density at radius 2 is 1.85 bits per heavy atom. The second-order valence-corrected chi connectivity index (χ2v) is 10.1. The van der Waals surface area contributed by atoms with Crippen LogP contribution in [0.25, 0.3) is 6.08 Å². The molecule has 0 N–H and O–H groups in total. The van der Waals surface area contributed by atoms with E-state index in [4.69, 9.17) is 35.5 Å². The first-order valence-electron chi connectivity index (χ1n) is 12.7. The molecule has 39 heavy (non-hydrogen) atoms. The maximum absolute atomic E-state index is 14.0. The van der Waals surface area contributed by atoms with Crippen molar-refractivity contribution in [2.24, 2.45) is 4.99 Å². The highest BCUT2D eigenvalue weighted by Gasteiger charge is 2.36. The summed E-state index contributed by atoms with van der Waals surface area (Å²) >= 11 is 7.64. The van der Waals surface area contributed by atoms with Gasteiger partial charge in [-0.1, -0.05) is 42.3 Å². The first-order valence-corrected chi connectivity index (χ1v) is 13.9. The molecule has 1 aromatic heterocycles. The third-order valence-corrected chi connectivity index (χ3v) is 7.46. The molecule has 206 valence electrons. The summed E-state index contributed by atoms with van der Waals surface area (Å²) in [6.45, 7) is 6.32. The van der Waals surface area contributed by atoms with Gasteiger partial charge in [-0.25, -0.2) is 9.79 Å². The van der Waals surface area contributed by atoms with Crippen LogP contribution < -0.4 is 29.1 Å². The number of allylic oxidation sites excluding steroid dienone is 1. The van der Waals surface area contributed by atoms with E-state index in [1.165, 1.54) is 15.9 Å². The Balaban J connectivity index is 2.00. The van der Waals surface area contributed by atoms with Crippen molar-refractivity contribution in [3.05, 3.63) is 83.5 Å². The van der Waals surface area contributed by atoms with E-state index >= 15 is 0 Å². The molecule has 0 bridgehead atoms. The first kappa shape index (κ1) is 28.4. The maximum atomic E-state index is 14.0. The third-order valence-electron chi connectivity index (χ3n) is 6.18. The van der Waals surface area contributed by atoms with Gasteiger partial charge in [-0.05, 0) is 62.2 Å². The summed E-state index contributed by atoms with van der Waals surface area (Å²) in [4.78, 5) is 32.7. The SMILES string of the molecule is CCCC1=C(C(=O)OCC)[C@@H](c2cc(OC)ccc2OC)n2c(s/c(=C\c3ccc(OCC)c(Cl)c3)c2=O)=N1. The zero-order valence-electron chi connectivity index (χ0n) is 22.6. The van der Waals surface area contributed by atoms with E-state index in [0.29, 0.717) is 61.5 Å². The number of aromatic nitrogens is 1. The predicted molar refractivity (Wildman–Crippen MR) is 152 cm³/mol. The van der Waals surface area contributed by atoms with Crippen molar-refractivity contribution in [1.82, 2.24) is 4.57 Å². The van der Waals surface area contributed by atoms with E-state index in [1.807, 2.05) is 19.9 Å². The summed E-state index contributed by atoms with van der Waals surface area (Å²) in [5.74, 6) is 1.13. The fraction of sp³-hybridized carbons (Fsp3) is 0.345. The molecule has 1 aliphatic heterocycles. The summed E-state index contributed by atoms with van der Waals surface area (Å²) in [5, 5.41) is 0.451. The average molecular weight is 571 g/mol. The van der Waals surface area contributed by atoms with Crippen LogP contribution in [0.4, 0.5) is 0 Å². The number of benzene rings is 2. The number of hydrogen-bond donors (Lipinski definition) is 0. The first-order chi connectivity index (χ1) is 18.9. The molecular weight excluding hydrogens is 540 g/mol. The number of carbonyl (C=O) groups excluding carboxylic acids is 1. The lowest BCUT2D eigenvalue weighted by Crippen LogP contribution is -2.40. The molecule has 0 unspecified atom stereocenters. The third kappa shape index (κ3) is 5.74. The number of carbonyl (C=O) groups is 1. The van der Waals surface area contributed by atoms with Crippen LogP contribution in [-0.2, 0) is 9.53 Å². The van der Waals surface area contributed by atoms with Gasteiger partial charge in [0.1, 0.15) is 23.3 Å². The van der Waals surface area contributed by atoms with Crippen molar-refractivity contribution in [3.63, 3.8) is 0 Å². The van der Waals surface area contributed by atoms with Gasteiger partial charge < -0.3 is 18.9 Å². The number of methoxy groups -OCH3 is 2. The predicted octanol–water partition coefficient (Wildman–Crippen LogP) is 4.65. The molecule has 2 aromatic carbocycles. The number of nitrogens with zero attached hydrogens (tertiary/aromatic N) is 2. The molecule has 0 saturated carbocycles. The second-order valence-electron chi connectivity index (χ2n) is 8.64. The molecule has 0 radical (unpaired) electrons. The van der Waals surface area contributed by atoms with E-state index < -0.39 is 12.0 Å². The highest BCUT2D eigenvalue weighted by Crippen LogP contribution is 2.38. The van der Waals surface area contributed by atoms with Crippen LogP contribution in [0.3, 0.4) is 0 Å². The van der Waals surface area contributed by atoms with Crippen LogP contribution in [0.15, 0.2) is 57.5 Å². The summed E-state index contributed by atoms with van der Waals surface area (Å²) in [6, 6.07) is 9.84. The number of fused-ring (bicyclic) bond motifs is 1. The summed E-state index contributed by atoms with van der Waals surface area (Å²) in [5.41, 5.74) is 1.94. The van der Waals surface area contributed by atoms with Crippen molar-refractivity contribution in [3.8, 4) is 17.2 Å². The van der Waals surface area contributed by atoms with Crippen LogP contribution in [0.1, 0.15) is 50.8 Å². The lowest BCUT2D eigenvalue weighted by molar-refractivity contribution is -0.139. The van der Waals surface area contributed by atoms with Gasteiger partial charge in [-0.2, -0.15) is 0 Å². The minimum atomic E-state index is -0.821. The molecule has 8 nitrogen and oxygen atoms in total.